The summed E-state index contributed by atoms with van der Waals surface area (Å²) in [5.41, 5.74) is 6.13. The van der Waals surface area contributed by atoms with E-state index in [1.54, 1.807) is 6.07 Å². The maximum absolute atomic E-state index is 12.3. The van der Waals surface area contributed by atoms with Gasteiger partial charge in [-0.1, -0.05) is 0 Å². The number of nitrogens with two attached hydrogens (primary N) is 1. The summed E-state index contributed by atoms with van der Waals surface area (Å²) in [6, 6.07) is 10.1. The van der Waals surface area contributed by atoms with Crippen molar-refractivity contribution >= 4 is 34.8 Å². The third-order valence-electron chi connectivity index (χ3n) is 4.89. The summed E-state index contributed by atoms with van der Waals surface area (Å²) in [6.07, 6.45) is 3.01. The Morgan fingerprint density at radius 1 is 1.03 bits per heavy atom. The van der Waals surface area contributed by atoms with E-state index in [4.69, 9.17) is 10.5 Å². The van der Waals surface area contributed by atoms with Gasteiger partial charge >= 0.3 is 5.97 Å². The molecule has 31 heavy (non-hydrogen) atoms. The SMILES string of the molecule is NC(=O)c1ccc(NC(=O)COC(=O)c2ccc(N3CCCCC3)c([N+](=O)[O-])c2)cc1. The van der Waals surface area contributed by atoms with Crippen molar-refractivity contribution < 1.29 is 24.0 Å². The fourth-order valence-electron chi connectivity index (χ4n) is 3.33. The van der Waals surface area contributed by atoms with Gasteiger partial charge in [-0.05, 0) is 55.7 Å². The number of carbonyl (C=O) groups is 3. The average molecular weight is 426 g/mol. The Labute approximate surface area is 178 Å². The molecule has 1 heterocycles. The number of nitrogens with zero attached hydrogens (tertiary/aromatic N) is 2. The van der Waals surface area contributed by atoms with E-state index in [2.05, 4.69) is 5.32 Å². The molecule has 0 saturated carbocycles. The van der Waals surface area contributed by atoms with Gasteiger partial charge in [0.05, 0.1) is 10.5 Å². The third-order valence-corrected chi connectivity index (χ3v) is 4.89. The minimum Gasteiger partial charge on any atom is -0.452 e. The zero-order chi connectivity index (χ0) is 22.4. The average Bonchev–Trinajstić information content (AvgIpc) is 2.78. The van der Waals surface area contributed by atoms with Crippen LogP contribution >= 0.6 is 0 Å². The molecular formula is C21H22N4O6. The lowest BCUT2D eigenvalue weighted by molar-refractivity contribution is -0.384. The predicted molar refractivity (Wildman–Crippen MR) is 113 cm³/mol. The number of hydrogen-bond acceptors (Lipinski definition) is 7. The smallest absolute Gasteiger partial charge is 0.338 e. The minimum atomic E-state index is -0.840. The highest BCUT2D eigenvalue weighted by atomic mass is 16.6. The molecule has 0 atom stereocenters. The molecule has 10 heteroatoms. The summed E-state index contributed by atoms with van der Waals surface area (Å²) in [5.74, 6) is -2.03. The van der Waals surface area contributed by atoms with Crippen molar-refractivity contribution in [3.05, 3.63) is 63.7 Å². The van der Waals surface area contributed by atoms with Crippen LogP contribution in [0.1, 0.15) is 40.0 Å². The van der Waals surface area contributed by atoms with Crippen LogP contribution in [0.5, 0.6) is 0 Å². The Morgan fingerprint density at radius 2 is 1.68 bits per heavy atom. The van der Waals surface area contributed by atoms with E-state index < -0.39 is 29.3 Å². The summed E-state index contributed by atoms with van der Waals surface area (Å²) in [6.45, 7) is 0.883. The molecule has 3 N–H and O–H groups in total. The second-order valence-electron chi connectivity index (χ2n) is 7.07. The van der Waals surface area contributed by atoms with Gasteiger partial charge in [-0.3, -0.25) is 19.7 Å². The number of esters is 1. The molecule has 2 aromatic rings. The lowest BCUT2D eigenvalue weighted by atomic mass is 10.1. The van der Waals surface area contributed by atoms with Gasteiger partial charge < -0.3 is 20.7 Å². The fourth-order valence-corrected chi connectivity index (χ4v) is 3.33. The number of ether oxygens (including phenoxy) is 1. The van der Waals surface area contributed by atoms with Crippen molar-refractivity contribution in [3.8, 4) is 0 Å². The maximum Gasteiger partial charge on any atom is 0.338 e. The van der Waals surface area contributed by atoms with Crippen molar-refractivity contribution in [1.29, 1.82) is 0 Å². The molecule has 0 aromatic heterocycles. The van der Waals surface area contributed by atoms with E-state index in [1.807, 2.05) is 4.90 Å². The van der Waals surface area contributed by atoms with Crippen LogP contribution < -0.4 is 16.0 Å². The molecule has 0 spiro atoms. The van der Waals surface area contributed by atoms with Crippen LogP contribution in [0.3, 0.4) is 0 Å². The molecule has 1 aliphatic heterocycles. The molecule has 162 valence electrons. The molecule has 0 bridgehead atoms. The van der Waals surface area contributed by atoms with Crippen LogP contribution in [-0.2, 0) is 9.53 Å². The van der Waals surface area contributed by atoms with E-state index in [9.17, 15) is 24.5 Å². The zero-order valence-electron chi connectivity index (χ0n) is 16.7. The van der Waals surface area contributed by atoms with E-state index in [1.165, 1.54) is 36.4 Å². The number of rotatable bonds is 7. The van der Waals surface area contributed by atoms with Crippen LogP contribution in [0, 0.1) is 10.1 Å². The number of nitrogens with one attached hydrogen (secondary N) is 1. The second-order valence-corrected chi connectivity index (χ2v) is 7.07. The third kappa shape index (κ3) is 5.56. The first-order valence-corrected chi connectivity index (χ1v) is 9.75. The number of amides is 2. The van der Waals surface area contributed by atoms with Crippen LogP contribution in [0.4, 0.5) is 17.1 Å². The first-order valence-electron chi connectivity index (χ1n) is 9.75. The zero-order valence-corrected chi connectivity index (χ0v) is 16.7. The number of nitro benzene ring substituents is 1. The molecule has 3 rings (SSSR count). The molecule has 2 amide bonds. The topological polar surface area (TPSA) is 145 Å². The van der Waals surface area contributed by atoms with Crippen LogP contribution in [0.25, 0.3) is 0 Å². The van der Waals surface area contributed by atoms with Crippen LogP contribution in [0.2, 0.25) is 0 Å². The van der Waals surface area contributed by atoms with E-state index in [0.29, 0.717) is 16.9 Å². The van der Waals surface area contributed by atoms with Crippen LogP contribution in [-0.4, -0.2) is 42.4 Å². The van der Waals surface area contributed by atoms with Crippen molar-refractivity contribution in [2.24, 2.45) is 5.73 Å². The van der Waals surface area contributed by atoms with Crippen LogP contribution in [0.15, 0.2) is 42.5 Å². The Kier molecular flexibility index (Phi) is 6.81. The van der Waals surface area contributed by atoms with Gasteiger partial charge in [0.25, 0.3) is 11.6 Å². The highest BCUT2D eigenvalue weighted by molar-refractivity contribution is 5.97. The Hall–Kier alpha value is -3.95. The summed E-state index contributed by atoms with van der Waals surface area (Å²) >= 11 is 0. The van der Waals surface area contributed by atoms with Gasteiger partial charge in [-0.25, -0.2) is 4.79 Å². The molecule has 2 aromatic carbocycles. The van der Waals surface area contributed by atoms with E-state index in [-0.39, 0.29) is 11.3 Å². The number of primary amides is 1. The van der Waals surface area contributed by atoms with Crippen molar-refractivity contribution in [3.63, 3.8) is 0 Å². The fraction of sp³-hybridized carbons (Fsp3) is 0.286. The number of carbonyl (C=O) groups excluding carboxylic acids is 3. The lowest BCUT2D eigenvalue weighted by Gasteiger charge is -2.28. The molecule has 0 radical (unpaired) electrons. The minimum absolute atomic E-state index is 0.00827. The number of hydrogen-bond donors (Lipinski definition) is 2. The maximum atomic E-state index is 12.3. The van der Waals surface area contributed by atoms with Crippen molar-refractivity contribution in [2.45, 2.75) is 19.3 Å². The molecular weight excluding hydrogens is 404 g/mol. The van der Waals surface area contributed by atoms with Gasteiger partial charge in [-0.2, -0.15) is 0 Å². The van der Waals surface area contributed by atoms with Gasteiger partial charge in [0.1, 0.15) is 5.69 Å². The molecule has 1 aliphatic rings. The molecule has 0 aliphatic carbocycles. The Morgan fingerprint density at radius 3 is 2.29 bits per heavy atom. The first-order chi connectivity index (χ1) is 14.8. The van der Waals surface area contributed by atoms with Crippen molar-refractivity contribution in [2.75, 3.05) is 29.9 Å². The number of benzene rings is 2. The highest BCUT2D eigenvalue weighted by Gasteiger charge is 2.23. The largest absolute Gasteiger partial charge is 0.452 e. The standard InChI is InChI=1S/C21H22N4O6/c22-20(27)14-4-7-16(8-5-14)23-19(26)13-31-21(28)15-6-9-17(18(12-15)25(29)30)24-10-2-1-3-11-24/h4-9,12H,1-3,10-11,13H2,(H2,22,27)(H,23,26). The van der Waals surface area contributed by atoms with Gasteiger partial charge in [-0.15, -0.1) is 0 Å². The predicted octanol–water partition coefficient (Wildman–Crippen LogP) is 2.48. The number of nitro groups is 1. The number of anilines is 2. The van der Waals surface area contributed by atoms with E-state index in [0.717, 1.165) is 32.4 Å². The normalized spacial score (nSPS) is 13.4. The Bertz CT molecular complexity index is 999. The Balaban J connectivity index is 1.61. The number of piperidine rings is 1. The molecule has 0 unspecified atom stereocenters. The lowest BCUT2D eigenvalue weighted by Crippen LogP contribution is -2.30. The monoisotopic (exact) mass is 426 g/mol. The summed E-state index contributed by atoms with van der Waals surface area (Å²) < 4.78 is 4.98. The summed E-state index contributed by atoms with van der Waals surface area (Å²) in [7, 11) is 0. The van der Waals surface area contributed by atoms with E-state index >= 15 is 0 Å². The first kappa shape index (κ1) is 21.8. The molecule has 1 saturated heterocycles. The molecule has 10 nitrogen and oxygen atoms in total. The summed E-state index contributed by atoms with van der Waals surface area (Å²) in [5, 5.41) is 14.0. The van der Waals surface area contributed by atoms with Gasteiger partial charge in [0.15, 0.2) is 6.61 Å². The van der Waals surface area contributed by atoms with Gasteiger partial charge in [0, 0.05) is 30.4 Å². The highest BCUT2D eigenvalue weighted by Crippen LogP contribution is 2.31. The quantitative estimate of drug-likeness (QED) is 0.393. The summed E-state index contributed by atoms with van der Waals surface area (Å²) in [4.78, 5) is 48.3. The van der Waals surface area contributed by atoms with Crippen molar-refractivity contribution in [1.82, 2.24) is 0 Å². The molecule has 1 fully saturated rings. The second kappa shape index (κ2) is 9.70. The van der Waals surface area contributed by atoms with Gasteiger partial charge in [0.2, 0.25) is 5.91 Å².